The lowest BCUT2D eigenvalue weighted by Crippen LogP contribution is -2.41. The molecule has 0 spiro atoms. The molecule has 1 aliphatic heterocycles. The van der Waals surface area contributed by atoms with Crippen molar-refractivity contribution < 1.29 is 4.79 Å². The molecule has 0 saturated carbocycles. The summed E-state index contributed by atoms with van der Waals surface area (Å²) >= 11 is 6.87. The summed E-state index contributed by atoms with van der Waals surface area (Å²) in [5, 5.41) is 6.43. The first-order chi connectivity index (χ1) is 10.1. The highest BCUT2D eigenvalue weighted by Crippen LogP contribution is 2.26. The van der Waals surface area contributed by atoms with Crippen LogP contribution in [0.15, 0.2) is 27.1 Å². The molecular formula is C15H21Br2N3O. The Morgan fingerprint density at radius 1 is 1.48 bits per heavy atom. The molecule has 0 bridgehead atoms. The van der Waals surface area contributed by atoms with E-state index in [1.54, 1.807) is 0 Å². The Bertz CT molecular complexity index is 490. The average molecular weight is 419 g/mol. The molecule has 0 radical (unpaired) electrons. The summed E-state index contributed by atoms with van der Waals surface area (Å²) in [7, 11) is 0. The fraction of sp³-hybridized carbons (Fsp3) is 0.533. The highest BCUT2D eigenvalue weighted by Gasteiger charge is 2.18. The summed E-state index contributed by atoms with van der Waals surface area (Å²) < 4.78 is 1.86. The van der Waals surface area contributed by atoms with Crippen molar-refractivity contribution in [3.05, 3.63) is 27.1 Å². The van der Waals surface area contributed by atoms with Gasteiger partial charge in [-0.2, -0.15) is 0 Å². The van der Waals surface area contributed by atoms with Crippen LogP contribution in [0.3, 0.4) is 0 Å². The summed E-state index contributed by atoms with van der Waals surface area (Å²) in [5.74, 6) is 0.0258. The summed E-state index contributed by atoms with van der Waals surface area (Å²) in [6, 6.07) is 6.26. The van der Waals surface area contributed by atoms with Crippen LogP contribution in [0, 0.1) is 0 Å². The standard InChI is InChI=1S/C15H21Br2N3O/c1-2-20(9-12-4-3-7-18-12)10-15(21)19-14-6-5-11(16)8-13(14)17/h5-6,8,12,18H,2-4,7,9-10H2,1H3,(H,19,21). The molecule has 1 fully saturated rings. The SMILES string of the molecule is CCN(CC(=O)Nc1ccc(Br)cc1Br)CC1CCCN1. The third kappa shape index (κ3) is 5.36. The Kier molecular flexibility index (Phi) is 6.67. The van der Waals surface area contributed by atoms with Crippen LogP contribution in [0.2, 0.25) is 0 Å². The molecule has 1 aliphatic rings. The highest BCUT2D eigenvalue weighted by atomic mass is 79.9. The van der Waals surface area contributed by atoms with E-state index < -0.39 is 0 Å². The van der Waals surface area contributed by atoms with Gasteiger partial charge in [0.05, 0.1) is 12.2 Å². The van der Waals surface area contributed by atoms with E-state index in [2.05, 4.69) is 54.3 Å². The van der Waals surface area contributed by atoms with Crippen molar-refractivity contribution in [3.63, 3.8) is 0 Å². The van der Waals surface area contributed by atoms with Crippen molar-refractivity contribution in [3.8, 4) is 0 Å². The highest BCUT2D eigenvalue weighted by molar-refractivity contribution is 9.11. The Balaban J connectivity index is 1.86. The zero-order valence-electron chi connectivity index (χ0n) is 12.2. The topological polar surface area (TPSA) is 44.4 Å². The van der Waals surface area contributed by atoms with Gasteiger partial charge in [0.25, 0.3) is 0 Å². The van der Waals surface area contributed by atoms with Crippen LogP contribution in [-0.4, -0.2) is 43.0 Å². The summed E-state index contributed by atoms with van der Waals surface area (Å²) in [6.45, 7) is 5.44. The minimum Gasteiger partial charge on any atom is -0.324 e. The van der Waals surface area contributed by atoms with Gasteiger partial charge in [-0.05, 0) is 60.1 Å². The molecule has 2 N–H and O–H groups in total. The number of benzene rings is 1. The second-order valence-corrected chi connectivity index (χ2v) is 7.06. The molecule has 1 amide bonds. The van der Waals surface area contributed by atoms with Crippen LogP contribution in [0.25, 0.3) is 0 Å². The lowest BCUT2D eigenvalue weighted by atomic mass is 10.2. The Hall–Kier alpha value is -0.430. The van der Waals surface area contributed by atoms with Crippen molar-refractivity contribution in [2.45, 2.75) is 25.8 Å². The van der Waals surface area contributed by atoms with E-state index in [4.69, 9.17) is 0 Å². The minimum absolute atomic E-state index is 0.0258. The predicted octanol–water partition coefficient (Wildman–Crippen LogP) is 3.22. The zero-order valence-corrected chi connectivity index (χ0v) is 15.3. The molecule has 1 heterocycles. The first-order valence-corrected chi connectivity index (χ1v) is 8.87. The largest absolute Gasteiger partial charge is 0.324 e. The maximum Gasteiger partial charge on any atom is 0.238 e. The second-order valence-electron chi connectivity index (χ2n) is 5.29. The third-order valence-electron chi connectivity index (χ3n) is 3.66. The van der Waals surface area contributed by atoms with E-state index in [1.807, 2.05) is 18.2 Å². The first-order valence-electron chi connectivity index (χ1n) is 7.29. The lowest BCUT2D eigenvalue weighted by molar-refractivity contribution is -0.117. The molecule has 6 heteroatoms. The van der Waals surface area contributed by atoms with Gasteiger partial charge >= 0.3 is 0 Å². The van der Waals surface area contributed by atoms with Crippen molar-refractivity contribution in [2.24, 2.45) is 0 Å². The van der Waals surface area contributed by atoms with Crippen LogP contribution in [0.1, 0.15) is 19.8 Å². The first kappa shape index (κ1) is 16.9. The fourth-order valence-corrected chi connectivity index (χ4v) is 3.66. The third-order valence-corrected chi connectivity index (χ3v) is 4.81. The van der Waals surface area contributed by atoms with Crippen molar-refractivity contribution >= 4 is 43.5 Å². The predicted molar refractivity (Wildman–Crippen MR) is 93.6 cm³/mol. The maximum atomic E-state index is 12.2. The molecule has 1 aromatic rings. The van der Waals surface area contributed by atoms with E-state index in [0.717, 1.165) is 34.3 Å². The van der Waals surface area contributed by atoms with Crippen LogP contribution in [0.4, 0.5) is 5.69 Å². The van der Waals surface area contributed by atoms with Gasteiger partial charge in [0, 0.05) is 21.5 Å². The van der Waals surface area contributed by atoms with Gasteiger partial charge < -0.3 is 10.6 Å². The van der Waals surface area contributed by atoms with Crippen molar-refractivity contribution in [1.29, 1.82) is 0 Å². The van der Waals surface area contributed by atoms with E-state index >= 15 is 0 Å². The van der Waals surface area contributed by atoms with Crippen LogP contribution in [0.5, 0.6) is 0 Å². The molecule has 21 heavy (non-hydrogen) atoms. The molecular weight excluding hydrogens is 398 g/mol. The van der Waals surface area contributed by atoms with Gasteiger partial charge in [-0.15, -0.1) is 0 Å². The maximum absolute atomic E-state index is 12.2. The molecule has 1 unspecified atom stereocenters. The lowest BCUT2D eigenvalue weighted by Gasteiger charge is -2.23. The summed E-state index contributed by atoms with van der Waals surface area (Å²) in [4.78, 5) is 14.4. The van der Waals surface area contributed by atoms with E-state index in [-0.39, 0.29) is 5.91 Å². The van der Waals surface area contributed by atoms with Gasteiger partial charge in [0.15, 0.2) is 0 Å². The number of anilines is 1. The number of amides is 1. The fourth-order valence-electron chi connectivity index (χ4n) is 2.51. The monoisotopic (exact) mass is 417 g/mol. The number of carbonyl (C=O) groups is 1. The second kappa shape index (κ2) is 8.27. The molecule has 1 aromatic carbocycles. The molecule has 1 atom stereocenters. The van der Waals surface area contributed by atoms with Gasteiger partial charge in [0.1, 0.15) is 0 Å². The van der Waals surface area contributed by atoms with Crippen LogP contribution in [-0.2, 0) is 4.79 Å². The number of halogens is 2. The van der Waals surface area contributed by atoms with Gasteiger partial charge in [-0.3, -0.25) is 9.69 Å². The number of hydrogen-bond acceptors (Lipinski definition) is 3. The number of nitrogens with one attached hydrogen (secondary N) is 2. The summed E-state index contributed by atoms with van der Waals surface area (Å²) in [6.07, 6.45) is 2.44. The van der Waals surface area contributed by atoms with Gasteiger partial charge in [0.2, 0.25) is 5.91 Å². The number of rotatable bonds is 6. The quantitative estimate of drug-likeness (QED) is 0.745. The summed E-state index contributed by atoms with van der Waals surface area (Å²) in [5.41, 5.74) is 0.804. The number of likely N-dealkylation sites (N-methyl/N-ethyl adjacent to an activating group) is 1. The molecule has 116 valence electrons. The normalized spacial score (nSPS) is 18.2. The Labute approximate surface area is 142 Å². The molecule has 0 aliphatic carbocycles. The minimum atomic E-state index is 0.0258. The molecule has 0 aromatic heterocycles. The van der Waals surface area contributed by atoms with E-state index in [9.17, 15) is 4.79 Å². The smallest absolute Gasteiger partial charge is 0.238 e. The Morgan fingerprint density at radius 3 is 2.90 bits per heavy atom. The van der Waals surface area contributed by atoms with Gasteiger partial charge in [-0.25, -0.2) is 0 Å². The number of nitrogens with zero attached hydrogens (tertiary/aromatic N) is 1. The van der Waals surface area contributed by atoms with Gasteiger partial charge in [-0.1, -0.05) is 22.9 Å². The van der Waals surface area contributed by atoms with E-state index in [0.29, 0.717) is 12.6 Å². The molecule has 1 saturated heterocycles. The van der Waals surface area contributed by atoms with Crippen LogP contribution < -0.4 is 10.6 Å². The van der Waals surface area contributed by atoms with Crippen molar-refractivity contribution in [2.75, 3.05) is 31.5 Å². The average Bonchev–Trinajstić information content (AvgIpc) is 2.94. The van der Waals surface area contributed by atoms with Crippen molar-refractivity contribution in [1.82, 2.24) is 10.2 Å². The molecule has 2 rings (SSSR count). The van der Waals surface area contributed by atoms with Crippen LogP contribution >= 0.6 is 31.9 Å². The van der Waals surface area contributed by atoms with E-state index in [1.165, 1.54) is 12.8 Å². The zero-order chi connectivity index (χ0) is 15.2. The number of carbonyl (C=O) groups excluding carboxylic acids is 1. The molecule has 4 nitrogen and oxygen atoms in total. The Morgan fingerprint density at radius 2 is 2.29 bits per heavy atom. The number of hydrogen-bond donors (Lipinski definition) is 2.